The number of benzene rings is 1. The summed E-state index contributed by atoms with van der Waals surface area (Å²) >= 11 is 0. The molecule has 2 aromatic rings. The molecule has 1 aromatic carbocycles. The maximum absolute atomic E-state index is 13.7. The van der Waals surface area contributed by atoms with Crippen molar-refractivity contribution >= 4 is 22.5 Å². The maximum Gasteiger partial charge on any atom is 0.516 e. The predicted octanol–water partition coefficient (Wildman–Crippen LogP) is 3.18. The molecule has 3 heterocycles. The second kappa shape index (κ2) is 8.74. The van der Waals surface area contributed by atoms with Crippen LogP contribution in [0.5, 0.6) is 0 Å². The molecule has 10 heteroatoms. The summed E-state index contributed by atoms with van der Waals surface area (Å²) in [6.45, 7) is 12.2. The minimum Gasteiger partial charge on any atom is -0.398 e. The van der Waals surface area contributed by atoms with Crippen LogP contribution >= 0.6 is 0 Å². The Balaban J connectivity index is 1.65. The monoisotopic (exact) mass is 490 g/mol. The van der Waals surface area contributed by atoms with E-state index in [0.717, 1.165) is 11.3 Å². The summed E-state index contributed by atoms with van der Waals surface area (Å²) in [5.41, 5.74) is 1.29. The molecule has 0 radical (unpaired) electrons. The van der Waals surface area contributed by atoms with Gasteiger partial charge in [0.05, 0.1) is 32.1 Å². The molecule has 8 nitrogen and oxygen atoms in total. The van der Waals surface area contributed by atoms with E-state index in [1.807, 2.05) is 53.7 Å². The van der Waals surface area contributed by atoms with Gasteiger partial charge in [0.2, 0.25) is 0 Å². The average molecular weight is 490 g/mol. The van der Waals surface area contributed by atoms with Crippen LogP contribution in [-0.4, -0.2) is 55.0 Å². The molecule has 0 aliphatic carbocycles. The standard InChI is InChI=1S/C24H35BN2O6S/c1-17-9-8-10-18(13-17)34(28,29)24(6)11-12-31-20(15-24)19-14-21(26-27(19)16-30-7)25-32-22(2,3)23(4,5)33-25/h8-10,13-14,20H,11-12,15-16H2,1-7H3. The fourth-order valence-corrected chi connectivity index (χ4v) is 6.38. The highest BCUT2D eigenvalue weighted by molar-refractivity contribution is 7.92. The number of aryl methyl sites for hydroxylation is 1. The van der Waals surface area contributed by atoms with Gasteiger partial charge in [-0.15, -0.1) is 0 Å². The van der Waals surface area contributed by atoms with Gasteiger partial charge in [-0.25, -0.2) is 13.1 Å². The van der Waals surface area contributed by atoms with Gasteiger partial charge in [-0.2, -0.15) is 5.10 Å². The summed E-state index contributed by atoms with van der Waals surface area (Å²) in [5.74, 6) is 0. The molecule has 2 aliphatic heterocycles. The second-order valence-electron chi connectivity index (χ2n) is 10.6. The first-order valence-corrected chi connectivity index (χ1v) is 13.1. The molecule has 0 bridgehead atoms. The topological polar surface area (TPSA) is 88.9 Å². The SMILES string of the molecule is COCn1nc(B2OC(C)(C)C(C)(C)O2)cc1C1CC(C)(S(=O)(=O)c2cccc(C)c2)CCO1. The molecular weight excluding hydrogens is 455 g/mol. The molecule has 2 unspecified atom stereocenters. The van der Waals surface area contributed by atoms with E-state index in [0.29, 0.717) is 29.9 Å². The molecule has 0 N–H and O–H groups in total. The molecule has 1 aromatic heterocycles. The van der Waals surface area contributed by atoms with Crippen LogP contribution in [-0.2, 0) is 35.4 Å². The quantitative estimate of drug-likeness (QED) is 0.575. The van der Waals surface area contributed by atoms with Crippen molar-refractivity contribution in [3.05, 3.63) is 41.6 Å². The second-order valence-corrected chi connectivity index (χ2v) is 13.0. The first-order valence-electron chi connectivity index (χ1n) is 11.6. The van der Waals surface area contributed by atoms with E-state index in [2.05, 4.69) is 5.10 Å². The van der Waals surface area contributed by atoms with Crippen LogP contribution in [0.2, 0.25) is 0 Å². The number of ether oxygens (including phenoxy) is 2. The van der Waals surface area contributed by atoms with Gasteiger partial charge in [0, 0.05) is 13.7 Å². The number of rotatable bonds is 6. The number of hydrogen-bond donors (Lipinski definition) is 0. The molecule has 2 aliphatic rings. The van der Waals surface area contributed by atoms with Gasteiger partial charge in [-0.1, -0.05) is 12.1 Å². The van der Waals surface area contributed by atoms with Crippen molar-refractivity contribution in [2.45, 2.75) is 88.1 Å². The largest absolute Gasteiger partial charge is 0.516 e. The van der Waals surface area contributed by atoms with Gasteiger partial charge < -0.3 is 18.8 Å². The zero-order chi connectivity index (χ0) is 24.9. The summed E-state index contributed by atoms with van der Waals surface area (Å²) in [5, 5.41) is 4.68. The molecule has 0 amide bonds. The van der Waals surface area contributed by atoms with Gasteiger partial charge in [-0.3, -0.25) is 0 Å². The van der Waals surface area contributed by atoms with Crippen molar-refractivity contribution in [3.8, 4) is 0 Å². The summed E-state index contributed by atoms with van der Waals surface area (Å²) in [7, 11) is -2.62. The van der Waals surface area contributed by atoms with Crippen LogP contribution in [0.15, 0.2) is 35.2 Å². The van der Waals surface area contributed by atoms with Crippen LogP contribution in [0.25, 0.3) is 0 Å². The fraction of sp³-hybridized carbons (Fsp3) is 0.625. The third kappa shape index (κ3) is 4.35. The normalized spacial score (nSPS) is 26.7. The minimum absolute atomic E-state index is 0.204. The molecule has 0 saturated carbocycles. The molecule has 186 valence electrons. The third-order valence-corrected chi connectivity index (χ3v) is 9.96. The van der Waals surface area contributed by atoms with Crippen molar-refractivity contribution in [3.63, 3.8) is 0 Å². The Kier molecular flexibility index (Phi) is 6.53. The Bertz CT molecular complexity index is 1150. The lowest BCUT2D eigenvalue weighted by Crippen LogP contribution is -2.42. The molecule has 2 saturated heterocycles. The van der Waals surface area contributed by atoms with E-state index >= 15 is 0 Å². The van der Waals surface area contributed by atoms with E-state index in [1.165, 1.54) is 0 Å². The van der Waals surface area contributed by atoms with Crippen LogP contribution < -0.4 is 5.59 Å². The zero-order valence-corrected chi connectivity index (χ0v) is 21.9. The highest BCUT2D eigenvalue weighted by Gasteiger charge is 2.53. The lowest BCUT2D eigenvalue weighted by molar-refractivity contribution is -0.00918. The van der Waals surface area contributed by atoms with Crippen LogP contribution in [0.3, 0.4) is 0 Å². The van der Waals surface area contributed by atoms with E-state index in [9.17, 15) is 8.42 Å². The first-order chi connectivity index (χ1) is 15.8. The van der Waals surface area contributed by atoms with E-state index in [4.69, 9.17) is 18.8 Å². The van der Waals surface area contributed by atoms with Gasteiger partial charge >= 0.3 is 7.12 Å². The average Bonchev–Trinajstić information content (AvgIpc) is 3.26. The van der Waals surface area contributed by atoms with Crippen molar-refractivity contribution in [2.75, 3.05) is 13.7 Å². The molecule has 34 heavy (non-hydrogen) atoms. The minimum atomic E-state index is -3.58. The first kappa shape index (κ1) is 25.4. The highest BCUT2D eigenvalue weighted by atomic mass is 32.2. The Hall–Kier alpha value is -1.72. The van der Waals surface area contributed by atoms with Crippen molar-refractivity contribution < 1.29 is 27.2 Å². The number of aromatic nitrogens is 2. The summed E-state index contributed by atoms with van der Waals surface area (Å²) in [6, 6.07) is 8.97. The number of methoxy groups -OCH3 is 1. The van der Waals surface area contributed by atoms with Crippen LogP contribution in [0.1, 0.15) is 64.8 Å². The maximum atomic E-state index is 13.7. The van der Waals surface area contributed by atoms with Gasteiger partial charge in [0.1, 0.15) is 12.8 Å². The lowest BCUT2D eigenvalue weighted by atomic mass is 9.84. The van der Waals surface area contributed by atoms with Crippen molar-refractivity contribution in [1.29, 1.82) is 0 Å². The number of nitrogens with zero attached hydrogens (tertiary/aromatic N) is 2. The molecule has 4 rings (SSSR count). The fourth-order valence-electron chi connectivity index (χ4n) is 4.49. The van der Waals surface area contributed by atoms with Gasteiger partial charge in [-0.05, 0) is 78.1 Å². The van der Waals surface area contributed by atoms with E-state index in [1.54, 1.807) is 30.0 Å². The summed E-state index contributed by atoms with van der Waals surface area (Å²) in [4.78, 5) is 0.346. The van der Waals surface area contributed by atoms with Gasteiger partial charge in [0.25, 0.3) is 0 Å². The summed E-state index contributed by atoms with van der Waals surface area (Å²) in [6.07, 6.45) is 0.265. The number of hydrogen-bond acceptors (Lipinski definition) is 7. The Morgan fingerprint density at radius 1 is 1.15 bits per heavy atom. The zero-order valence-electron chi connectivity index (χ0n) is 21.1. The molecular formula is C24H35BN2O6S. The lowest BCUT2D eigenvalue weighted by Gasteiger charge is -2.37. The van der Waals surface area contributed by atoms with E-state index < -0.39 is 39.0 Å². The molecule has 2 fully saturated rings. The van der Waals surface area contributed by atoms with Crippen LogP contribution in [0.4, 0.5) is 0 Å². The van der Waals surface area contributed by atoms with E-state index in [-0.39, 0.29) is 6.73 Å². The molecule has 2 atom stereocenters. The van der Waals surface area contributed by atoms with Crippen molar-refractivity contribution in [1.82, 2.24) is 9.78 Å². The van der Waals surface area contributed by atoms with Crippen molar-refractivity contribution in [2.24, 2.45) is 0 Å². The Morgan fingerprint density at radius 2 is 1.82 bits per heavy atom. The smallest absolute Gasteiger partial charge is 0.398 e. The summed E-state index contributed by atoms with van der Waals surface area (Å²) < 4.78 is 51.9. The third-order valence-electron chi connectivity index (χ3n) is 7.42. The number of sulfone groups is 1. The molecule has 0 spiro atoms. The predicted molar refractivity (Wildman–Crippen MR) is 130 cm³/mol. The van der Waals surface area contributed by atoms with Crippen LogP contribution in [0, 0.1) is 6.92 Å². The Labute approximate surface area is 203 Å². The van der Waals surface area contributed by atoms with Gasteiger partial charge in [0.15, 0.2) is 9.84 Å². The Morgan fingerprint density at radius 3 is 2.44 bits per heavy atom. The highest BCUT2D eigenvalue weighted by Crippen LogP contribution is 2.42.